The molecule has 1 aromatic heterocycles. The second-order valence-corrected chi connectivity index (χ2v) is 5.57. The number of aromatic nitrogens is 2. The van der Waals surface area contributed by atoms with E-state index < -0.39 is 0 Å². The Balaban J connectivity index is 2.18. The number of nitrogens with zero attached hydrogens (tertiary/aromatic N) is 2. The summed E-state index contributed by atoms with van der Waals surface area (Å²) in [6, 6.07) is 6.41. The molecule has 0 saturated heterocycles. The van der Waals surface area contributed by atoms with Crippen LogP contribution in [-0.2, 0) is 7.05 Å². The van der Waals surface area contributed by atoms with Gasteiger partial charge < -0.3 is 0 Å². The van der Waals surface area contributed by atoms with Gasteiger partial charge in [-0.1, -0.05) is 28.8 Å². The molecular weight excluding hydrogens is 264 g/mol. The Hall–Kier alpha value is -0.830. The molecule has 0 bridgehead atoms. The molecule has 1 saturated carbocycles. The van der Waals surface area contributed by atoms with E-state index in [0.717, 1.165) is 15.9 Å². The minimum absolute atomic E-state index is 0.719. The quantitative estimate of drug-likeness (QED) is 0.771. The van der Waals surface area contributed by atoms with Crippen molar-refractivity contribution < 1.29 is 0 Å². The topological polar surface area (TPSA) is 17.8 Å². The van der Waals surface area contributed by atoms with Crippen LogP contribution in [0.5, 0.6) is 0 Å². The van der Waals surface area contributed by atoms with Gasteiger partial charge in [0.15, 0.2) is 0 Å². The standard InChI is InChI=1S/C13H15BrN2/c1-16-13(9-4-2-3-5-9)11-7-6-10(14)8-12(11)15-16/h6-9H,2-5H2,1H3. The van der Waals surface area contributed by atoms with Crippen molar-refractivity contribution in [3.8, 4) is 0 Å². The van der Waals surface area contributed by atoms with Crippen molar-refractivity contribution in [1.29, 1.82) is 0 Å². The highest BCUT2D eigenvalue weighted by Crippen LogP contribution is 2.37. The summed E-state index contributed by atoms with van der Waals surface area (Å²) < 4.78 is 3.18. The van der Waals surface area contributed by atoms with Crippen LogP contribution in [0.2, 0.25) is 0 Å². The molecule has 0 unspecified atom stereocenters. The number of benzene rings is 1. The zero-order valence-corrected chi connectivity index (χ0v) is 11.0. The molecule has 0 radical (unpaired) electrons. The Kier molecular flexibility index (Phi) is 2.51. The molecule has 0 aliphatic heterocycles. The summed E-state index contributed by atoms with van der Waals surface area (Å²) in [5, 5.41) is 5.94. The highest BCUT2D eigenvalue weighted by Gasteiger charge is 2.22. The van der Waals surface area contributed by atoms with E-state index in [4.69, 9.17) is 0 Å². The normalized spacial score (nSPS) is 17.4. The van der Waals surface area contributed by atoms with Crippen molar-refractivity contribution in [2.24, 2.45) is 7.05 Å². The summed E-state index contributed by atoms with van der Waals surface area (Å²) >= 11 is 3.50. The summed E-state index contributed by atoms with van der Waals surface area (Å²) in [6.45, 7) is 0. The monoisotopic (exact) mass is 278 g/mol. The molecule has 2 aromatic rings. The maximum atomic E-state index is 4.61. The molecule has 0 amide bonds. The lowest BCUT2D eigenvalue weighted by atomic mass is 10.0. The van der Waals surface area contributed by atoms with Crippen molar-refractivity contribution in [2.75, 3.05) is 0 Å². The van der Waals surface area contributed by atoms with Gasteiger partial charge in [-0.3, -0.25) is 4.68 Å². The molecule has 84 valence electrons. The first-order valence-corrected chi connectivity index (χ1v) is 6.67. The van der Waals surface area contributed by atoms with Gasteiger partial charge in [0.05, 0.1) is 5.52 Å². The third-order valence-corrected chi connectivity index (χ3v) is 4.08. The number of fused-ring (bicyclic) bond motifs is 1. The van der Waals surface area contributed by atoms with E-state index in [1.165, 1.54) is 36.8 Å². The van der Waals surface area contributed by atoms with E-state index in [1.807, 2.05) is 0 Å². The van der Waals surface area contributed by atoms with E-state index in [-0.39, 0.29) is 0 Å². The van der Waals surface area contributed by atoms with Crippen molar-refractivity contribution in [3.05, 3.63) is 28.4 Å². The maximum Gasteiger partial charge on any atom is 0.0937 e. The van der Waals surface area contributed by atoms with Crippen molar-refractivity contribution in [1.82, 2.24) is 9.78 Å². The second-order valence-electron chi connectivity index (χ2n) is 4.65. The number of halogens is 1. The SMILES string of the molecule is Cn1nc2cc(Br)ccc2c1C1CCCC1. The average molecular weight is 279 g/mol. The van der Waals surface area contributed by atoms with Crippen LogP contribution in [-0.4, -0.2) is 9.78 Å². The minimum atomic E-state index is 0.719. The summed E-state index contributed by atoms with van der Waals surface area (Å²) in [6.07, 6.45) is 5.39. The van der Waals surface area contributed by atoms with E-state index in [2.05, 4.69) is 51.0 Å². The fraction of sp³-hybridized carbons (Fsp3) is 0.462. The van der Waals surface area contributed by atoms with Gasteiger partial charge in [-0.05, 0) is 31.0 Å². The van der Waals surface area contributed by atoms with Crippen LogP contribution < -0.4 is 0 Å². The summed E-state index contributed by atoms with van der Waals surface area (Å²) in [5.41, 5.74) is 2.54. The van der Waals surface area contributed by atoms with E-state index >= 15 is 0 Å². The largest absolute Gasteiger partial charge is 0.271 e. The van der Waals surface area contributed by atoms with Gasteiger partial charge >= 0.3 is 0 Å². The maximum absolute atomic E-state index is 4.61. The predicted octanol–water partition coefficient (Wildman–Crippen LogP) is 3.99. The Morgan fingerprint density at radius 2 is 2.06 bits per heavy atom. The minimum Gasteiger partial charge on any atom is -0.271 e. The molecule has 3 heteroatoms. The lowest BCUT2D eigenvalue weighted by Crippen LogP contribution is -2.02. The lowest BCUT2D eigenvalue weighted by Gasteiger charge is -2.09. The predicted molar refractivity (Wildman–Crippen MR) is 69.6 cm³/mol. The van der Waals surface area contributed by atoms with Gasteiger partial charge in [0.1, 0.15) is 0 Å². The third-order valence-electron chi connectivity index (χ3n) is 3.58. The first-order valence-electron chi connectivity index (χ1n) is 5.88. The zero-order valence-electron chi connectivity index (χ0n) is 9.41. The van der Waals surface area contributed by atoms with E-state index in [0.29, 0.717) is 0 Å². The van der Waals surface area contributed by atoms with Gasteiger partial charge in [0.25, 0.3) is 0 Å². The third kappa shape index (κ3) is 1.58. The molecule has 1 aliphatic rings. The van der Waals surface area contributed by atoms with Crippen molar-refractivity contribution >= 4 is 26.8 Å². The molecule has 0 spiro atoms. The number of hydrogen-bond donors (Lipinski definition) is 0. The summed E-state index contributed by atoms with van der Waals surface area (Å²) in [5.74, 6) is 0.719. The summed E-state index contributed by atoms with van der Waals surface area (Å²) in [7, 11) is 2.07. The van der Waals surface area contributed by atoms with Crippen molar-refractivity contribution in [2.45, 2.75) is 31.6 Å². The first kappa shape index (κ1) is 10.3. The molecule has 1 aliphatic carbocycles. The average Bonchev–Trinajstić information content (AvgIpc) is 2.83. The van der Waals surface area contributed by atoms with E-state index in [9.17, 15) is 0 Å². The fourth-order valence-electron chi connectivity index (χ4n) is 2.88. The fourth-order valence-corrected chi connectivity index (χ4v) is 3.23. The van der Waals surface area contributed by atoms with Gasteiger partial charge in [0, 0.05) is 28.5 Å². The molecule has 0 N–H and O–H groups in total. The molecular formula is C13H15BrN2. The van der Waals surface area contributed by atoms with Crippen LogP contribution >= 0.6 is 15.9 Å². The number of hydrogen-bond acceptors (Lipinski definition) is 1. The highest BCUT2D eigenvalue weighted by atomic mass is 79.9. The van der Waals surface area contributed by atoms with Gasteiger partial charge in [-0.2, -0.15) is 5.10 Å². The molecule has 1 fully saturated rings. The van der Waals surface area contributed by atoms with Crippen LogP contribution in [0.15, 0.2) is 22.7 Å². The Morgan fingerprint density at radius 3 is 2.81 bits per heavy atom. The van der Waals surface area contributed by atoms with Crippen LogP contribution in [0.3, 0.4) is 0 Å². The molecule has 16 heavy (non-hydrogen) atoms. The van der Waals surface area contributed by atoms with E-state index in [1.54, 1.807) is 0 Å². The van der Waals surface area contributed by atoms with Crippen LogP contribution in [0.1, 0.15) is 37.3 Å². The lowest BCUT2D eigenvalue weighted by molar-refractivity contribution is 0.623. The van der Waals surface area contributed by atoms with Crippen LogP contribution in [0.25, 0.3) is 10.9 Å². The van der Waals surface area contributed by atoms with Crippen molar-refractivity contribution in [3.63, 3.8) is 0 Å². The smallest absolute Gasteiger partial charge is 0.0937 e. The molecule has 1 aromatic carbocycles. The molecule has 3 rings (SSSR count). The molecule has 1 heterocycles. The second kappa shape index (κ2) is 3.88. The summed E-state index contributed by atoms with van der Waals surface area (Å²) in [4.78, 5) is 0. The Bertz CT molecular complexity index is 524. The first-order chi connectivity index (χ1) is 7.75. The number of aryl methyl sites for hydroxylation is 1. The highest BCUT2D eigenvalue weighted by molar-refractivity contribution is 9.10. The Morgan fingerprint density at radius 1 is 1.31 bits per heavy atom. The Labute approximate surface area is 104 Å². The molecule has 2 nitrogen and oxygen atoms in total. The number of rotatable bonds is 1. The van der Waals surface area contributed by atoms with Crippen LogP contribution in [0.4, 0.5) is 0 Å². The van der Waals surface area contributed by atoms with Gasteiger partial charge in [-0.15, -0.1) is 0 Å². The van der Waals surface area contributed by atoms with Crippen LogP contribution in [0, 0.1) is 0 Å². The zero-order chi connectivity index (χ0) is 11.1. The van der Waals surface area contributed by atoms with Gasteiger partial charge in [-0.25, -0.2) is 0 Å². The molecule has 0 atom stereocenters. The van der Waals surface area contributed by atoms with Gasteiger partial charge in [0.2, 0.25) is 0 Å².